The molecular weight excluding hydrogens is 410 g/mol. The molecule has 1 aromatic carbocycles. The highest BCUT2D eigenvalue weighted by molar-refractivity contribution is 6.34. The Balaban J connectivity index is 1.83. The van der Waals surface area contributed by atoms with Crippen LogP contribution in [0.4, 0.5) is 0 Å². The number of fused-ring (bicyclic) bond motifs is 1. The van der Waals surface area contributed by atoms with E-state index in [1.54, 1.807) is 30.6 Å². The van der Waals surface area contributed by atoms with E-state index < -0.39 is 5.91 Å². The van der Waals surface area contributed by atoms with Gasteiger partial charge >= 0.3 is 0 Å². The van der Waals surface area contributed by atoms with Crippen LogP contribution >= 0.6 is 11.6 Å². The maximum absolute atomic E-state index is 11.6. The number of aromatic nitrogens is 2. The van der Waals surface area contributed by atoms with Gasteiger partial charge in [-0.1, -0.05) is 37.2 Å². The first-order chi connectivity index (χ1) is 15.0. The largest absolute Gasteiger partial charge is 0.456 e. The number of hydrogen-bond donors (Lipinski definition) is 1. The molecule has 0 aliphatic heterocycles. The standard InChI is InChI=1S/C25H20ClN3O2/c1-3-16-7-8-23(18(12-15(16)2)21-6-4-5-10-28-21)31-24-9-11-29-22-14-17(25(27)30)20(26)13-19(22)24/h4-14H,2-3H2,1H3,(H2,27,30). The third-order valence-corrected chi connectivity index (χ3v) is 5.34. The van der Waals surface area contributed by atoms with Crippen LogP contribution in [-0.4, -0.2) is 15.9 Å². The summed E-state index contributed by atoms with van der Waals surface area (Å²) in [5.41, 5.74) is 9.79. The highest BCUT2D eigenvalue weighted by atomic mass is 35.5. The van der Waals surface area contributed by atoms with E-state index in [0.717, 1.165) is 28.8 Å². The Kier molecular flexibility index (Phi) is 5.69. The molecule has 0 radical (unpaired) electrons. The van der Waals surface area contributed by atoms with Gasteiger partial charge in [0.2, 0.25) is 5.91 Å². The van der Waals surface area contributed by atoms with Crippen LogP contribution in [0.2, 0.25) is 5.02 Å². The number of nitrogens with two attached hydrogens (primary N) is 1. The molecule has 31 heavy (non-hydrogen) atoms. The molecule has 0 atom stereocenters. The van der Waals surface area contributed by atoms with Crippen molar-refractivity contribution in [2.24, 2.45) is 5.73 Å². The van der Waals surface area contributed by atoms with E-state index in [-0.39, 0.29) is 10.6 Å². The maximum atomic E-state index is 11.6. The lowest BCUT2D eigenvalue weighted by molar-refractivity contribution is 0.100. The maximum Gasteiger partial charge on any atom is 0.250 e. The summed E-state index contributed by atoms with van der Waals surface area (Å²) in [4.78, 5) is 20.5. The fourth-order valence-corrected chi connectivity index (χ4v) is 3.66. The molecule has 2 aromatic heterocycles. The first kappa shape index (κ1) is 20.6. The number of rotatable bonds is 5. The lowest BCUT2D eigenvalue weighted by atomic mass is 10.0. The van der Waals surface area contributed by atoms with Gasteiger partial charge < -0.3 is 10.5 Å². The van der Waals surface area contributed by atoms with E-state index in [2.05, 4.69) is 23.5 Å². The topological polar surface area (TPSA) is 78.1 Å². The minimum Gasteiger partial charge on any atom is -0.456 e. The molecule has 0 saturated heterocycles. The Morgan fingerprint density at radius 2 is 2.00 bits per heavy atom. The minimum absolute atomic E-state index is 0.216. The van der Waals surface area contributed by atoms with E-state index in [0.29, 0.717) is 22.4 Å². The van der Waals surface area contributed by atoms with Gasteiger partial charge in [-0.2, -0.15) is 0 Å². The van der Waals surface area contributed by atoms with E-state index in [4.69, 9.17) is 22.1 Å². The fraction of sp³-hybridized carbons (Fsp3) is 0.0800. The van der Waals surface area contributed by atoms with Crippen molar-refractivity contribution in [1.82, 2.24) is 9.97 Å². The van der Waals surface area contributed by atoms with Crippen LogP contribution in [0, 0.1) is 0 Å². The van der Waals surface area contributed by atoms with Crippen LogP contribution in [-0.2, 0) is 0 Å². The SMILES string of the molecule is C=C1C=C(c2ccccn2)C(Oc2ccnc3cc(C(N)=O)c(Cl)cc23)=CC=C1CC. The molecule has 1 aliphatic rings. The molecule has 2 N–H and O–H groups in total. The van der Waals surface area contributed by atoms with E-state index in [1.165, 1.54) is 0 Å². The van der Waals surface area contributed by atoms with Crippen molar-refractivity contribution >= 4 is 34.0 Å². The highest BCUT2D eigenvalue weighted by Crippen LogP contribution is 2.35. The zero-order chi connectivity index (χ0) is 22.0. The average molecular weight is 430 g/mol. The van der Waals surface area contributed by atoms with Gasteiger partial charge in [0.15, 0.2) is 0 Å². The number of carbonyl (C=O) groups excluding carboxylic acids is 1. The molecule has 0 bridgehead atoms. The molecule has 2 heterocycles. The second kappa shape index (κ2) is 8.58. The van der Waals surface area contributed by atoms with Crippen LogP contribution in [0.15, 0.2) is 90.5 Å². The summed E-state index contributed by atoms with van der Waals surface area (Å²) in [6.07, 6.45) is 10.1. The Morgan fingerprint density at radius 1 is 1.16 bits per heavy atom. The molecule has 1 amide bonds. The Bertz CT molecular complexity index is 1290. The van der Waals surface area contributed by atoms with Gasteiger partial charge in [0.05, 0.1) is 21.8 Å². The Morgan fingerprint density at radius 3 is 2.71 bits per heavy atom. The van der Waals surface area contributed by atoms with Crippen molar-refractivity contribution in [1.29, 1.82) is 0 Å². The monoisotopic (exact) mass is 429 g/mol. The summed E-state index contributed by atoms with van der Waals surface area (Å²) in [5, 5.41) is 0.913. The number of amides is 1. The Labute approximate surface area is 185 Å². The van der Waals surface area contributed by atoms with Crippen molar-refractivity contribution in [3.63, 3.8) is 0 Å². The number of halogens is 1. The van der Waals surface area contributed by atoms with Crippen LogP contribution in [0.1, 0.15) is 29.4 Å². The first-order valence-corrected chi connectivity index (χ1v) is 10.1. The molecule has 0 saturated carbocycles. The van der Waals surface area contributed by atoms with E-state index >= 15 is 0 Å². The number of benzene rings is 1. The number of pyridine rings is 2. The molecule has 4 rings (SSSR count). The molecule has 5 nitrogen and oxygen atoms in total. The molecule has 0 unspecified atom stereocenters. The summed E-state index contributed by atoms with van der Waals surface area (Å²) >= 11 is 6.28. The minimum atomic E-state index is -0.609. The predicted molar refractivity (Wildman–Crippen MR) is 124 cm³/mol. The zero-order valence-electron chi connectivity index (χ0n) is 16.9. The quantitative estimate of drug-likeness (QED) is 0.569. The molecular formula is C25H20ClN3O2. The second-order valence-corrected chi connectivity index (χ2v) is 7.41. The Hall–Kier alpha value is -3.70. The average Bonchev–Trinajstić information content (AvgIpc) is 2.92. The molecule has 0 fully saturated rings. The molecule has 154 valence electrons. The summed E-state index contributed by atoms with van der Waals surface area (Å²) in [7, 11) is 0. The van der Waals surface area contributed by atoms with Gasteiger partial charge in [-0.25, -0.2) is 0 Å². The van der Waals surface area contributed by atoms with Crippen LogP contribution in [0.5, 0.6) is 5.75 Å². The molecule has 6 heteroatoms. The number of allylic oxidation sites excluding steroid dienone is 6. The van der Waals surface area contributed by atoms with Crippen LogP contribution in [0.3, 0.4) is 0 Å². The third-order valence-electron chi connectivity index (χ3n) is 5.03. The second-order valence-electron chi connectivity index (χ2n) is 7.00. The normalized spacial score (nSPS) is 13.9. The van der Waals surface area contributed by atoms with Gasteiger partial charge in [-0.05, 0) is 60.1 Å². The van der Waals surface area contributed by atoms with E-state index in [9.17, 15) is 4.79 Å². The van der Waals surface area contributed by atoms with Crippen LogP contribution < -0.4 is 10.5 Å². The van der Waals surface area contributed by atoms with Gasteiger partial charge in [-0.15, -0.1) is 0 Å². The number of nitrogens with zero attached hydrogens (tertiary/aromatic N) is 2. The number of ether oxygens (including phenoxy) is 1. The number of primary amides is 1. The summed E-state index contributed by atoms with van der Waals surface area (Å²) in [6, 6.07) is 10.7. The van der Waals surface area contributed by atoms with Crippen molar-refractivity contribution < 1.29 is 9.53 Å². The lowest BCUT2D eigenvalue weighted by Gasteiger charge is -2.15. The third kappa shape index (κ3) is 4.13. The fourth-order valence-electron chi connectivity index (χ4n) is 3.40. The van der Waals surface area contributed by atoms with Crippen molar-refractivity contribution in [3.05, 3.63) is 107 Å². The smallest absolute Gasteiger partial charge is 0.250 e. The van der Waals surface area contributed by atoms with Gasteiger partial charge in [-0.3, -0.25) is 14.8 Å². The van der Waals surface area contributed by atoms with Gasteiger partial charge in [0.1, 0.15) is 11.5 Å². The van der Waals surface area contributed by atoms with Crippen molar-refractivity contribution in [2.45, 2.75) is 13.3 Å². The predicted octanol–water partition coefficient (Wildman–Crippen LogP) is 5.63. The summed E-state index contributed by atoms with van der Waals surface area (Å²) < 4.78 is 6.36. The highest BCUT2D eigenvalue weighted by Gasteiger charge is 2.18. The lowest BCUT2D eigenvalue weighted by Crippen LogP contribution is -2.11. The zero-order valence-corrected chi connectivity index (χ0v) is 17.7. The van der Waals surface area contributed by atoms with Gasteiger partial charge in [0.25, 0.3) is 0 Å². The molecule has 0 spiro atoms. The number of carbonyl (C=O) groups is 1. The van der Waals surface area contributed by atoms with Gasteiger partial charge in [0, 0.05) is 23.4 Å². The summed E-state index contributed by atoms with van der Waals surface area (Å²) in [6.45, 7) is 6.28. The van der Waals surface area contributed by atoms with Crippen molar-refractivity contribution in [3.8, 4) is 5.75 Å². The summed E-state index contributed by atoms with van der Waals surface area (Å²) in [5.74, 6) is 0.559. The van der Waals surface area contributed by atoms with Crippen LogP contribution in [0.25, 0.3) is 16.5 Å². The first-order valence-electron chi connectivity index (χ1n) is 9.77. The van der Waals surface area contributed by atoms with E-state index in [1.807, 2.05) is 36.4 Å². The van der Waals surface area contributed by atoms with Crippen molar-refractivity contribution in [2.75, 3.05) is 0 Å². The number of hydrogen-bond acceptors (Lipinski definition) is 4. The molecule has 1 aliphatic carbocycles. The molecule has 3 aromatic rings.